The van der Waals surface area contributed by atoms with E-state index in [1.165, 1.54) is 0 Å². The van der Waals surface area contributed by atoms with E-state index >= 15 is 0 Å². The summed E-state index contributed by atoms with van der Waals surface area (Å²) in [6.07, 6.45) is 0. The molecule has 1 aliphatic heterocycles. The highest BCUT2D eigenvalue weighted by molar-refractivity contribution is 5.76. The van der Waals surface area contributed by atoms with Crippen LogP contribution in [0.4, 0.5) is 0 Å². The molecule has 3 N–H and O–H groups in total. The van der Waals surface area contributed by atoms with Gasteiger partial charge in [-0.3, -0.25) is 14.5 Å². The van der Waals surface area contributed by atoms with Gasteiger partial charge in [0.05, 0.1) is 25.7 Å². The summed E-state index contributed by atoms with van der Waals surface area (Å²) in [5, 5.41) is 8.84. The van der Waals surface area contributed by atoms with E-state index in [1.807, 2.05) is 0 Å². The van der Waals surface area contributed by atoms with Gasteiger partial charge in [-0.1, -0.05) is 0 Å². The van der Waals surface area contributed by atoms with E-state index in [0.29, 0.717) is 6.61 Å². The van der Waals surface area contributed by atoms with E-state index in [1.54, 1.807) is 11.9 Å². The standard InChI is InChI=1S/C8H14N2O4/c1-10(2-7(9)11)6-4-14-3-5(6)8(12)13/h5-6H,2-4H2,1H3,(H2,9,11)(H,12,13). The summed E-state index contributed by atoms with van der Waals surface area (Å²) in [4.78, 5) is 23.0. The molecule has 0 aromatic rings. The fraction of sp³-hybridized carbons (Fsp3) is 0.750. The average Bonchev–Trinajstić information content (AvgIpc) is 2.49. The lowest BCUT2D eigenvalue weighted by Crippen LogP contribution is -2.44. The van der Waals surface area contributed by atoms with Gasteiger partial charge in [0.25, 0.3) is 0 Å². The van der Waals surface area contributed by atoms with Gasteiger partial charge in [-0.2, -0.15) is 0 Å². The number of carboxylic acids is 1. The number of hydrogen-bond acceptors (Lipinski definition) is 4. The van der Waals surface area contributed by atoms with Crippen LogP contribution in [0, 0.1) is 5.92 Å². The molecule has 1 heterocycles. The minimum Gasteiger partial charge on any atom is -0.481 e. The molecule has 14 heavy (non-hydrogen) atoms. The zero-order valence-corrected chi connectivity index (χ0v) is 7.97. The number of carbonyl (C=O) groups excluding carboxylic acids is 1. The van der Waals surface area contributed by atoms with Gasteiger partial charge in [-0.15, -0.1) is 0 Å². The Morgan fingerprint density at radius 3 is 2.71 bits per heavy atom. The first kappa shape index (κ1) is 10.9. The molecule has 80 valence electrons. The largest absolute Gasteiger partial charge is 0.481 e. The molecule has 0 aliphatic carbocycles. The Morgan fingerprint density at radius 2 is 2.21 bits per heavy atom. The molecule has 1 amide bonds. The number of carbonyl (C=O) groups is 2. The third-order valence-electron chi connectivity index (χ3n) is 2.34. The van der Waals surface area contributed by atoms with Crippen LogP contribution in [-0.4, -0.2) is 54.7 Å². The van der Waals surface area contributed by atoms with E-state index in [0.717, 1.165) is 0 Å². The van der Waals surface area contributed by atoms with Gasteiger partial charge in [0.2, 0.25) is 5.91 Å². The summed E-state index contributed by atoms with van der Waals surface area (Å²) in [7, 11) is 1.67. The van der Waals surface area contributed by atoms with Gasteiger partial charge < -0.3 is 15.6 Å². The molecule has 0 bridgehead atoms. The third kappa shape index (κ3) is 2.43. The minimum absolute atomic E-state index is 0.0534. The second kappa shape index (κ2) is 4.39. The SMILES string of the molecule is CN(CC(N)=O)C1COCC1C(=O)O. The Labute approximate surface area is 81.6 Å². The van der Waals surface area contributed by atoms with Crippen molar-refractivity contribution in [2.45, 2.75) is 6.04 Å². The summed E-state index contributed by atoms with van der Waals surface area (Å²) >= 11 is 0. The van der Waals surface area contributed by atoms with Gasteiger partial charge >= 0.3 is 5.97 Å². The maximum absolute atomic E-state index is 10.8. The van der Waals surface area contributed by atoms with Crippen LogP contribution in [0.1, 0.15) is 0 Å². The van der Waals surface area contributed by atoms with Crippen molar-refractivity contribution in [2.24, 2.45) is 11.7 Å². The highest BCUT2D eigenvalue weighted by Crippen LogP contribution is 2.18. The van der Waals surface area contributed by atoms with Crippen LogP contribution in [-0.2, 0) is 14.3 Å². The lowest BCUT2D eigenvalue weighted by atomic mass is 10.0. The van der Waals surface area contributed by atoms with E-state index in [4.69, 9.17) is 15.6 Å². The van der Waals surface area contributed by atoms with Crippen LogP contribution in [0.25, 0.3) is 0 Å². The van der Waals surface area contributed by atoms with Crippen molar-refractivity contribution in [3.8, 4) is 0 Å². The normalized spacial score (nSPS) is 26.7. The van der Waals surface area contributed by atoms with Crippen molar-refractivity contribution in [3.63, 3.8) is 0 Å². The average molecular weight is 202 g/mol. The number of hydrogen-bond donors (Lipinski definition) is 2. The van der Waals surface area contributed by atoms with Crippen LogP contribution >= 0.6 is 0 Å². The highest BCUT2D eigenvalue weighted by Gasteiger charge is 2.36. The monoisotopic (exact) mass is 202 g/mol. The summed E-state index contributed by atoms with van der Waals surface area (Å²) in [6.45, 7) is 0.585. The van der Waals surface area contributed by atoms with E-state index < -0.39 is 17.8 Å². The highest BCUT2D eigenvalue weighted by atomic mass is 16.5. The van der Waals surface area contributed by atoms with Crippen LogP contribution in [0.2, 0.25) is 0 Å². The Morgan fingerprint density at radius 1 is 1.57 bits per heavy atom. The number of primary amides is 1. The number of ether oxygens (including phenoxy) is 1. The van der Waals surface area contributed by atoms with Crippen LogP contribution in [0.15, 0.2) is 0 Å². The van der Waals surface area contributed by atoms with Crippen LogP contribution < -0.4 is 5.73 Å². The van der Waals surface area contributed by atoms with Crippen LogP contribution in [0.3, 0.4) is 0 Å². The Balaban J connectivity index is 2.57. The molecule has 6 heteroatoms. The number of likely N-dealkylation sites (N-methyl/N-ethyl adjacent to an activating group) is 1. The molecule has 1 rings (SSSR count). The summed E-state index contributed by atoms with van der Waals surface area (Å²) < 4.78 is 5.06. The van der Waals surface area contributed by atoms with Gasteiger partial charge in [0.15, 0.2) is 0 Å². The minimum atomic E-state index is -0.899. The number of amides is 1. The molecule has 0 aromatic carbocycles. The van der Waals surface area contributed by atoms with E-state index in [-0.39, 0.29) is 19.2 Å². The van der Waals surface area contributed by atoms with Gasteiger partial charge in [0.1, 0.15) is 0 Å². The van der Waals surface area contributed by atoms with E-state index in [9.17, 15) is 9.59 Å². The smallest absolute Gasteiger partial charge is 0.310 e. The molecule has 2 unspecified atom stereocenters. The Kier molecular flexibility index (Phi) is 3.43. The van der Waals surface area contributed by atoms with Crippen molar-refractivity contribution in [1.29, 1.82) is 0 Å². The molecule has 6 nitrogen and oxygen atoms in total. The first-order chi connectivity index (χ1) is 6.52. The molecular formula is C8H14N2O4. The quantitative estimate of drug-likeness (QED) is 0.579. The lowest BCUT2D eigenvalue weighted by Gasteiger charge is -2.24. The van der Waals surface area contributed by atoms with Gasteiger partial charge in [-0.25, -0.2) is 0 Å². The summed E-state index contributed by atoms with van der Waals surface area (Å²) in [5.74, 6) is -1.94. The number of rotatable bonds is 4. The topological polar surface area (TPSA) is 92.9 Å². The third-order valence-corrected chi connectivity index (χ3v) is 2.34. The number of aliphatic carboxylic acids is 1. The first-order valence-electron chi connectivity index (χ1n) is 4.31. The van der Waals surface area contributed by atoms with Gasteiger partial charge in [-0.05, 0) is 7.05 Å². The van der Waals surface area contributed by atoms with Crippen molar-refractivity contribution in [2.75, 3.05) is 26.8 Å². The van der Waals surface area contributed by atoms with E-state index in [2.05, 4.69) is 0 Å². The second-order valence-corrected chi connectivity index (χ2v) is 3.43. The maximum atomic E-state index is 10.8. The lowest BCUT2D eigenvalue weighted by molar-refractivity contribution is -0.143. The summed E-state index contributed by atoms with van der Waals surface area (Å²) in [5.41, 5.74) is 5.01. The van der Waals surface area contributed by atoms with Crippen molar-refractivity contribution >= 4 is 11.9 Å². The second-order valence-electron chi connectivity index (χ2n) is 3.43. The molecule has 1 aliphatic rings. The Hall–Kier alpha value is -1.14. The molecule has 1 fully saturated rings. The first-order valence-corrected chi connectivity index (χ1v) is 4.31. The molecular weight excluding hydrogens is 188 g/mol. The summed E-state index contributed by atoms with van der Waals surface area (Å²) in [6, 6.07) is -0.264. The Bertz CT molecular complexity index is 243. The number of carboxylic acid groups (broad SMARTS) is 1. The van der Waals surface area contributed by atoms with Crippen molar-refractivity contribution < 1.29 is 19.4 Å². The predicted molar refractivity (Wildman–Crippen MR) is 47.6 cm³/mol. The fourth-order valence-electron chi connectivity index (χ4n) is 1.58. The van der Waals surface area contributed by atoms with Gasteiger partial charge in [0, 0.05) is 6.04 Å². The number of nitrogens with two attached hydrogens (primary N) is 1. The maximum Gasteiger partial charge on any atom is 0.310 e. The molecule has 1 saturated heterocycles. The zero-order valence-electron chi connectivity index (χ0n) is 7.97. The zero-order chi connectivity index (χ0) is 10.7. The molecule has 0 aromatic heterocycles. The fourth-order valence-corrected chi connectivity index (χ4v) is 1.58. The number of nitrogens with zero attached hydrogens (tertiary/aromatic N) is 1. The van der Waals surface area contributed by atoms with Crippen molar-refractivity contribution in [1.82, 2.24) is 4.90 Å². The predicted octanol–water partition coefficient (Wildman–Crippen LogP) is -1.50. The molecule has 0 saturated carbocycles. The molecule has 0 spiro atoms. The van der Waals surface area contributed by atoms with Crippen molar-refractivity contribution in [3.05, 3.63) is 0 Å². The molecule has 0 radical (unpaired) electrons. The van der Waals surface area contributed by atoms with Crippen LogP contribution in [0.5, 0.6) is 0 Å². The molecule has 2 atom stereocenters.